The molecule has 0 aromatic rings. The molecule has 0 radical (unpaired) electrons. The van der Waals surface area contributed by atoms with Crippen LogP contribution in [0.1, 0.15) is 20.3 Å². The molecule has 72 valence electrons. The molecule has 0 aromatic heterocycles. The van der Waals surface area contributed by atoms with Gasteiger partial charge >= 0.3 is 5.97 Å². The van der Waals surface area contributed by atoms with Crippen LogP contribution in [0, 0.1) is 5.41 Å². The zero-order valence-corrected chi connectivity index (χ0v) is 7.70. The molecule has 0 aliphatic rings. The van der Waals surface area contributed by atoms with Crippen molar-refractivity contribution in [1.82, 2.24) is 0 Å². The quantitative estimate of drug-likeness (QED) is 0.588. The average Bonchev–Trinajstić information content (AvgIpc) is 2.02. The maximum absolute atomic E-state index is 10.8. The predicted octanol–water partition coefficient (Wildman–Crippen LogP) is -0.0711. The van der Waals surface area contributed by atoms with E-state index in [9.17, 15) is 9.90 Å². The first kappa shape index (κ1) is 11.4. The lowest BCUT2D eigenvalue weighted by molar-refractivity contribution is -0.152. The summed E-state index contributed by atoms with van der Waals surface area (Å²) in [6, 6.07) is 0. The normalized spacial score (nSPS) is 14.1. The van der Waals surface area contributed by atoms with Crippen molar-refractivity contribution in [2.75, 3.05) is 13.7 Å². The van der Waals surface area contributed by atoms with Crippen LogP contribution < -0.4 is 0 Å². The van der Waals surface area contributed by atoms with Crippen LogP contribution in [0.4, 0.5) is 0 Å². The first-order valence-electron chi connectivity index (χ1n) is 3.79. The highest BCUT2D eigenvalue weighted by Gasteiger charge is 2.26. The van der Waals surface area contributed by atoms with Crippen molar-refractivity contribution < 1.29 is 19.7 Å². The summed E-state index contributed by atoms with van der Waals surface area (Å²) in [6.45, 7) is 3.46. The second-order valence-corrected chi connectivity index (χ2v) is 3.57. The molecule has 0 aliphatic heterocycles. The SMILES string of the molecule is COC(=O)C(O)CC(C)(C)CO. The molecule has 0 saturated carbocycles. The Bertz CT molecular complexity index is 153. The monoisotopic (exact) mass is 176 g/mol. The maximum Gasteiger partial charge on any atom is 0.334 e. The summed E-state index contributed by atoms with van der Waals surface area (Å²) in [4.78, 5) is 10.8. The van der Waals surface area contributed by atoms with Crippen molar-refractivity contribution >= 4 is 5.97 Å². The molecule has 0 fully saturated rings. The van der Waals surface area contributed by atoms with Crippen LogP contribution >= 0.6 is 0 Å². The molecule has 1 unspecified atom stereocenters. The Labute approximate surface area is 72.2 Å². The lowest BCUT2D eigenvalue weighted by Crippen LogP contribution is -2.30. The summed E-state index contributed by atoms with van der Waals surface area (Å²) in [6.07, 6.45) is -0.937. The van der Waals surface area contributed by atoms with Gasteiger partial charge in [0, 0.05) is 6.61 Å². The van der Waals surface area contributed by atoms with E-state index in [0.29, 0.717) is 0 Å². The fourth-order valence-electron chi connectivity index (χ4n) is 0.807. The minimum Gasteiger partial charge on any atom is -0.467 e. The zero-order valence-electron chi connectivity index (χ0n) is 7.70. The Balaban J connectivity index is 3.99. The van der Waals surface area contributed by atoms with Gasteiger partial charge in [-0.15, -0.1) is 0 Å². The third kappa shape index (κ3) is 3.69. The molecule has 0 spiro atoms. The number of methoxy groups -OCH3 is 1. The molecule has 0 bridgehead atoms. The van der Waals surface area contributed by atoms with E-state index in [2.05, 4.69) is 4.74 Å². The molecule has 12 heavy (non-hydrogen) atoms. The van der Waals surface area contributed by atoms with Crippen molar-refractivity contribution in [3.05, 3.63) is 0 Å². The van der Waals surface area contributed by atoms with Gasteiger partial charge in [0.25, 0.3) is 0 Å². The van der Waals surface area contributed by atoms with E-state index < -0.39 is 17.5 Å². The summed E-state index contributed by atoms with van der Waals surface area (Å²) in [5.41, 5.74) is -0.451. The fourth-order valence-corrected chi connectivity index (χ4v) is 0.807. The van der Waals surface area contributed by atoms with E-state index in [1.807, 2.05) is 0 Å². The minimum absolute atomic E-state index is 0.0684. The number of carbonyl (C=O) groups excluding carboxylic acids is 1. The Morgan fingerprint density at radius 3 is 2.42 bits per heavy atom. The fraction of sp³-hybridized carbons (Fsp3) is 0.875. The number of aliphatic hydroxyl groups is 2. The molecular weight excluding hydrogens is 160 g/mol. The van der Waals surface area contributed by atoms with Gasteiger partial charge in [0.15, 0.2) is 6.10 Å². The van der Waals surface area contributed by atoms with E-state index in [0.717, 1.165) is 0 Å². The molecular formula is C8H16O4. The van der Waals surface area contributed by atoms with Crippen LogP contribution in [0.5, 0.6) is 0 Å². The highest BCUT2D eigenvalue weighted by Crippen LogP contribution is 2.21. The van der Waals surface area contributed by atoms with E-state index in [1.54, 1.807) is 13.8 Å². The van der Waals surface area contributed by atoms with Gasteiger partial charge in [0.1, 0.15) is 0 Å². The Hall–Kier alpha value is -0.610. The minimum atomic E-state index is -1.14. The maximum atomic E-state index is 10.8. The molecule has 0 amide bonds. The van der Waals surface area contributed by atoms with Gasteiger partial charge in [-0.25, -0.2) is 4.79 Å². The number of esters is 1. The van der Waals surface area contributed by atoms with E-state index in [1.165, 1.54) is 7.11 Å². The van der Waals surface area contributed by atoms with Crippen LogP contribution in [0.25, 0.3) is 0 Å². The Morgan fingerprint density at radius 1 is 1.58 bits per heavy atom. The summed E-state index contributed by atoms with van der Waals surface area (Å²) < 4.78 is 4.33. The van der Waals surface area contributed by atoms with Crippen molar-refractivity contribution in [3.63, 3.8) is 0 Å². The van der Waals surface area contributed by atoms with Crippen LogP contribution in [0.2, 0.25) is 0 Å². The molecule has 4 nitrogen and oxygen atoms in total. The third-order valence-electron chi connectivity index (χ3n) is 1.65. The van der Waals surface area contributed by atoms with Crippen LogP contribution in [-0.4, -0.2) is 36.0 Å². The average molecular weight is 176 g/mol. The molecule has 0 aromatic carbocycles. The van der Waals surface area contributed by atoms with Gasteiger partial charge in [0.2, 0.25) is 0 Å². The summed E-state index contributed by atoms with van der Waals surface area (Å²) in [5, 5.41) is 18.0. The smallest absolute Gasteiger partial charge is 0.334 e. The molecule has 0 saturated heterocycles. The first-order valence-corrected chi connectivity index (χ1v) is 3.79. The highest BCUT2D eigenvalue weighted by molar-refractivity contribution is 5.74. The zero-order chi connectivity index (χ0) is 9.78. The first-order chi connectivity index (χ1) is 5.43. The lowest BCUT2D eigenvalue weighted by atomic mass is 9.88. The Morgan fingerprint density at radius 2 is 2.08 bits per heavy atom. The topological polar surface area (TPSA) is 66.8 Å². The van der Waals surface area contributed by atoms with Crippen molar-refractivity contribution in [2.24, 2.45) is 5.41 Å². The molecule has 2 N–H and O–H groups in total. The molecule has 1 atom stereocenters. The summed E-state index contributed by atoms with van der Waals surface area (Å²) >= 11 is 0. The van der Waals surface area contributed by atoms with Crippen LogP contribution in [0.15, 0.2) is 0 Å². The second kappa shape index (κ2) is 4.42. The van der Waals surface area contributed by atoms with Gasteiger partial charge in [-0.3, -0.25) is 0 Å². The van der Waals surface area contributed by atoms with Gasteiger partial charge in [-0.1, -0.05) is 13.8 Å². The molecule has 0 heterocycles. The molecule has 0 rings (SSSR count). The van der Waals surface area contributed by atoms with Gasteiger partial charge < -0.3 is 14.9 Å². The van der Waals surface area contributed by atoms with Gasteiger partial charge in [-0.05, 0) is 11.8 Å². The number of ether oxygens (including phenoxy) is 1. The van der Waals surface area contributed by atoms with Gasteiger partial charge in [-0.2, -0.15) is 0 Å². The third-order valence-corrected chi connectivity index (χ3v) is 1.65. The number of hydrogen-bond donors (Lipinski definition) is 2. The van der Waals surface area contributed by atoms with E-state index in [-0.39, 0.29) is 13.0 Å². The molecule has 0 aliphatic carbocycles. The number of carbonyl (C=O) groups is 1. The largest absolute Gasteiger partial charge is 0.467 e. The highest BCUT2D eigenvalue weighted by atomic mass is 16.5. The number of rotatable bonds is 4. The second-order valence-electron chi connectivity index (χ2n) is 3.57. The predicted molar refractivity (Wildman–Crippen MR) is 43.5 cm³/mol. The van der Waals surface area contributed by atoms with Gasteiger partial charge in [0.05, 0.1) is 7.11 Å². The summed E-state index contributed by atoms with van der Waals surface area (Å²) in [7, 11) is 1.22. The van der Waals surface area contributed by atoms with Crippen molar-refractivity contribution in [3.8, 4) is 0 Å². The number of hydrogen-bond acceptors (Lipinski definition) is 4. The van der Waals surface area contributed by atoms with E-state index >= 15 is 0 Å². The van der Waals surface area contributed by atoms with Crippen molar-refractivity contribution in [2.45, 2.75) is 26.4 Å². The number of aliphatic hydroxyl groups excluding tert-OH is 2. The Kier molecular flexibility index (Phi) is 4.20. The molecule has 4 heteroatoms. The van der Waals surface area contributed by atoms with E-state index in [4.69, 9.17) is 5.11 Å². The standard InChI is InChI=1S/C8H16O4/c1-8(2,5-9)4-6(10)7(11)12-3/h6,9-10H,4-5H2,1-3H3. The summed E-state index contributed by atoms with van der Waals surface area (Å²) in [5.74, 6) is -0.656. The lowest BCUT2D eigenvalue weighted by Gasteiger charge is -2.23. The van der Waals surface area contributed by atoms with Crippen LogP contribution in [-0.2, 0) is 9.53 Å². The van der Waals surface area contributed by atoms with Crippen LogP contribution in [0.3, 0.4) is 0 Å². The van der Waals surface area contributed by atoms with Crippen molar-refractivity contribution in [1.29, 1.82) is 0 Å².